The Bertz CT molecular complexity index is 849. The summed E-state index contributed by atoms with van der Waals surface area (Å²) in [5.74, 6) is -0.393. The van der Waals surface area contributed by atoms with Gasteiger partial charge in [-0.05, 0) is 49.7 Å². The molecule has 24 heavy (non-hydrogen) atoms. The van der Waals surface area contributed by atoms with Crippen LogP contribution in [-0.4, -0.2) is 27.1 Å². The van der Waals surface area contributed by atoms with Crippen LogP contribution >= 0.6 is 15.9 Å². The van der Waals surface area contributed by atoms with Crippen LogP contribution in [0.1, 0.15) is 11.1 Å². The molecule has 2 rings (SSSR count). The SMILES string of the molecule is Cc1ccc(NC(=O)CN(c2ccc(Br)cc2)S(C)(=O)=O)c(C)c1. The van der Waals surface area contributed by atoms with Crippen molar-refractivity contribution in [3.63, 3.8) is 0 Å². The minimum Gasteiger partial charge on any atom is -0.324 e. The zero-order valence-corrected chi connectivity index (χ0v) is 16.1. The Labute approximate surface area is 150 Å². The van der Waals surface area contributed by atoms with E-state index in [1.54, 1.807) is 24.3 Å². The first-order valence-corrected chi connectivity index (χ1v) is 9.91. The van der Waals surface area contributed by atoms with E-state index in [9.17, 15) is 13.2 Å². The number of hydrogen-bond acceptors (Lipinski definition) is 3. The minimum absolute atomic E-state index is 0.284. The van der Waals surface area contributed by atoms with E-state index in [1.165, 1.54) is 0 Å². The number of hydrogen-bond donors (Lipinski definition) is 1. The van der Waals surface area contributed by atoms with E-state index in [2.05, 4.69) is 21.2 Å². The highest BCUT2D eigenvalue weighted by atomic mass is 79.9. The molecule has 0 saturated heterocycles. The van der Waals surface area contributed by atoms with Crippen molar-refractivity contribution in [1.29, 1.82) is 0 Å². The summed E-state index contributed by atoms with van der Waals surface area (Å²) >= 11 is 3.31. The van der Waals surface area contributed by atoms with Gasteiger partial charge < -0.3 is 5.32 Å². The highest BCUT2D eigenvalue weighted by molar-refractivity contribution is 9.10. The Morgan fingerprint density at radius 1 is 1.12 bits per heavy atom. The molecule has 0 atom stereocenters. The molecule has 128 valence electrons. The van der Waals surface area contributed by atoms with Gasteiger partial charge in [-0.3, -0.25) is 9.10 Å². The van der Waals surface area contributed by atoms with Gasteiger partial charge in [-0.1, -0.05) is 33.6 Å². The fraction of sp³-hybridized carbons (Fsp3) is 0.235. The van der Waals surface area contributed by atoms with Crippen LogP contribution in [0.2, 0.25) is 0 Å². The van der Waals surface area contributed by atoms with Gasteiger partial charge in [0.05, 0.1) is 11.9 Å². The molecule has 0 unspecified atom stereocenters. The van der Waals surface area contributed by atoms with E-state index in [0.29, 0.717) is 11.4 Å². The average molecular weight is 411 g/mol. The summed E-state index contributed by atoms with van der Waals surface area (Å²) < 4.78 is 26.0. The van der Waals surface area contributed by atoms with Crippen molar-refractivity contribution in [2.24, 2.45) is 0 Å². The van der Waals surface area contributed by atoms with E-state index in [-0.39, 0.29) is 6.54 Å². The second-order valence-corrected chi connectivity index (χ2v) is 8.44. The van der Waals surface area contributed by atoms with Crippen LogP contribution in [-0.2, 0) is 14.8 Å². The quantitative estimate of drug-likeness (QED) is 0.820. The van der Waals surface area contributed by atoms with Crippen molar-refractivity contribution < 1.29 is 13.2 Å². The largest absolute Gasteiger partial charge is 0.324 e. The minimum atomic E-state index is -3.58. The molecule has 0 fully saturated rings. The fourth-order valence-electron chi connectivity index (χ4n) is 2.28. The molecule has 5 nitrogen and oxygen atoms in total. The van der Waals surface area contributed by atoms with E-state index >= 15 is 0 Å². The Kier molecular flexibility index (Phi) is 5.66. The van der Waals surface area contributed by atoms with E-state index in [1.807, 2.05) is 32.0 Å². The third-order valence-corrected chi connectivity index (χ3v) is 5.13. The van der Waals surface area contributed by atoms with Gasteiger partial charge in [0.1, 0.15) is 6.54 Å². The summed E-state index contributed by atoms with van der Waals surface area (Å²) in [6.07, 6.45) is 1.08. The molecule has 0 aliphatic carbocycles. The summed E-state index contributed by atoms with van der Waals surface area (Å²) in [4.78, 5) is 12.3. The fourth-order valence-corrected chi connectivity index (χ4v) is 3.40. The maximum atomic E-state index is 12.3. The van der Waals surface area contributed by atoms with E-state index < -0.39 is 15.9 Å². The predicted octanol–water partition coefficient (Wildman–Crippen LogP) is 3.47. The molecule has 0 heterocycles. The molecule has 0 bridgehead atoms. The molecule has 2 aromatic rings. The van der Waals surface area contributed by atoms with Gasteiger partial charge in [-0.15, -0.1) is 0 Å². The number of nitrogens with zero attached hydrogens (tertiary/aromatic N) is 1. The van der Waals surface area contributed by atoms with E-state index in [0.717, 1.165) is 26.2 Å². The Morgan fingerprint density at radius 3 is 2.29 bits per heavy atom. The molecule has 2 aromatic carbocycles. The lowest BCUT2D eigenvalue weighted by atomic mass is 10.1. The standard InChI is InChI=1S/C17H19BrN2O3S/c1-12-4-9-16(13(2)10-12)19-17(21)11-20(24(3,22)23)15-7-5-14(18)6-8-15/h4-10H,11H2,1-3H3,(H,19,21). The molecule has 0 aromatic heterocycles. The number of aryl methyl sites for hydroxylation is 2. The Balaban J connectivity index is 2.20. The maximum absolute atomic E-state index is 12.3. The molecular weight excluding hydrogens is 392 g/mol. The zero-order chi connectivity index (χ0) is 17.9. The Morgan fingerprint density at radius 2 is 1.75 bits per heavy atom. The predicted molar refractivity (Wildman–Crippen MR) is 101 cm³/mol. The van der Waals surface area contributed by atoms with Crippen molar-refractivity contribution in [3.05, 3.63) is 58.1 Å². The molecule has 7 heteroatoms. The average Bonchev–Trinajstić information content (AvgIpc) is 2.48. The highest BCUT2D eigenvalue weighted by Crippen LogP contribution is 2.21. The second-order valence-electron chi connectivity index (χ2n) is 5.61. The van der Waals surface area contributed by atoms with Crippen molar-refractivity contribution >= 4 is 43.2 Å². The number of sulfonamides is 1. The van der Waals surface area contributed by atoms with Crippen LogP contribution in [0.15, 0.2) is 46.9 Å². The highest BCUT2D eigenvalue weighted by Gasteiger charge is 2.21. The number of anilines is 2. The molecule has 0 aliphatic rings. The molecule has 0 spiro atoms. The molecule has 0 saturated carbocycles. The van der Waals surface area contributed by atoms with Crippen LogP contribution in [0.5, 0.6) is 0 Å². The summed E-state index contributed by atoms with van der Waals surface area (Å²) in [5, 5.41) is 2.77. The summed E-state index contributed by atoms with van der Waals surface area (Å²) in [6.45, 7) is 3.58. The lowest BCUT2D eigenvalue weighted by molar-refractivity contribution is -0.114. The third-order valence-electron chi connectivity index (χ3n) is 3.46. The Hall–Kier alpha value is -1.86. The van der Waals surface area contributed by atoms with Crippen LogP contribution in [0.25, 0.3) is 0 Å². The first-order chi connectivity index (χ1) is 11.2. The van der Waals surface area contributed by atoms with Crippen molar-refractivity contribution in [1.82, 2.24) is 0 Å². The van der Waals surface area contributed by atoms with Crippen molar-refractivity contribution in [2.75, 3.05) is 22.4 Å². The van der Waals surface area contributed by atoms with Gasteiger partial charge in [-0.25, -0.2) is 8.42 Å². The molecule has 1 amide bonds. The maximum Gasteiger partial charge on any atom is 0.245 e. The van der Waals surface area contributed by atoms with Gasteiger partial charge in [0.15, 0.2) is 0 Å². The number of carbonyl (C=O) groups is 1. The van der Waals surface area contributed by atoms with Gasteiger partial charge in [0.2, 0.25) is 15.9 Å². The van der Waals surface area contributed by atoms with Crippen LogP contribution in [0.4, 0.5) is 11.4 Å². The zero-order valence-electron chi connectivity index (χ0n) is 13.7. The van der Waals surface area contributed by atoms with Gasteiger partial charge in [0.25, 0.3) is 0 Å². The summed E-state index contributed by atoms with van der Waals surface area (Å²) in [6, 6.07) is 12.4. The lowest BCUT2D eigenvalue weighted by Gasteiger charge is -2.22. The number of benzene rings is 2. The number of rotatable bonds is 5. The van der Waals surface area contributed by atoms with Gasteiger partial charge in [-0.2, -0.15) is 0 Å². The van der Waals surface area contributed by atoms with Crippen LogP contribution in [0, 0.1) is 13.8 Å². The second kappa shape index (κ2) is 7.36. The van der Waals surface area contributed by atoms with Crippen LogP contribution in [0.3, 0.4) is 0 Å². The topological polar surface area (TPSA) is 66.5 Å². The number of carbonyl (C=O) groups excluding carboxylic acids is 1. The molecule has 0 aliphatic heterocycles. The first kappa shape index (κ1) is 18.5. The number of amides is 1. The van der Waals surface area contributed by atoms with E-state index in [4.69, 9.17) is 0 Å². The molecular formula is C17H19BrN2O3S. The van der Waals surface area contributed by atoms with Crippen molar-refractivity contribution in [3.8, 4) is 0 Å². The summed E-state index contributed by atoms with van der Waals surface area (Å²) in [5.41, 5.74) is 3.14. The lowest BCUT2D eigenvalue weighted by Crippen LogP contribution is -2.37. The molecule has 0 radical (unpaired) electrons. The van der Waals surface area contributed by atoms with Crippen molar-refractivity contribution in [2.45, 2.75) is 13.8 Å². The number of halogens is 1. The smallest absolute Gasteiger partial charge is 0.245 e. The van der Waals surface area contributed by atoms with Gasteiger partial charge in [0, 0.05) is 10.2 Å². The monoisotopic (exact) mass is 410 g/mol. The number of nitrogens with one attached hydrogen (secondary N) is 1. The molecule has 1 N–H and O–H groups in total. The van der Waals surface area contributed by atoms with Gasteiger partial charge >= 0.3 is 0 Å². The van der Waals surface area contributed by atoms with Crippen LogP contribution < -0.4 is 9.62 Å². The normalized spacial score (nSPS) is 11.2. The third kappa shape index (κ3) is 4.82. The first-order valence-electron chi connectivity index (χ1n) is 7.27. The summed E-state index contributed by atoms with van der Waals surface area (Å²) in [7, 11) is -3.58.